The number of carbonyl (C=O) groups excluding carboxylic acids is 1. The fourth-order valence-corrected chi connectivity index (χ4v) is 3.20. The van der Waals surface area contributed by atoms with E-state index in [1.54, 1.807) is 19.2 Å². The third-order valence-electron chi connectivity index (χ3n) is 4.84. The lowest BCUT2D eigenvalue weighted by Gasteiger charge is -2.14. The Balaban J connectivity index is 0.00000341. The summed E-state index contributed by atoms with van der Waals surface area (Å²) in [5.74, 6) is -0.685. The van der Waals surface area contributed by atoms with Crippen molar-refractivity contribution >= 4 is 35.8 Å². The lowest BCUT2D eigenvalue weighted by Crippen LogP contribution is -2.36. The van der Waals surface area contributed by atoms with Gasteiger partial charge in [0.25, 0.3) is 5.91 Å². The molecule has 1 atom stereocenters. The van der Waals surface area contributed by atoms with Crippen LogP contribution in [0.5, 0.6) is 0 Å². The number of benzene rings is 2. The van der Waals surface area contributed by atoms with Crippen LogP contribution in [0.2, 0.25) is 0 Å². The Morgan fingerprint density at radius 3 is 2.68 bits per heavy atom. The minimum absolute atomic E-state index is 0. The molecule has 1 fully saturated rings. The molecule has 0 aliphatic carbocycles. The molecule has 2 aromatic rings. The highest BCUT2D eigenvalue weighted by Gasteiger charge is 2.16. The van der Waals surface area contributed by atoms with Crippen molar-refractivity contribution in [3.05, 3.63) is 70.8 Å². The molecule has 2 aromatic carbocycles. The summed E-state index contributed by atoms with van der Waals surface area (Å²) >= 11 is 0. The minimum Gasteiger partial charge on any atom is -0.376 e. The van der Waals surface area contributed by atoms with Gasteiger partial charge in [-0.3, -0.25) is 9.79 Å². The standard InChI is InChI=1S/C22H26F2N4O2.HI/c1-25-22(28-13-17-11-18(23)7-8-20(17)24)27-12-15-4-2-5-16(10-15)21(29)26-14-19-6-3-9-30-19;/h2,4-5,7-8,10-11,19H,3,6,9,12-14H2,1H3,(H,26,29)(H2,25,27,28);1H. The van der Waals surface area contributed by atoms with E-state index in [0.29, 0.717) is 24.6 Å². The summed E-state index contributed by atoms with van der Waals surface area (Å²) in [4.78, 5) is 16.5. The molecule has 3 N–H and O–H groups in total. The second-order valence-electron chi connectivity index (χ2n) is 7.06. The summed E-state index contributed by atoms with van der Waals surface area (Å²) in [7, 11) is 1.59. The first-order valence-electron chi connectivity index (χ1n) is 9.92. The number of nitrogens with one attached hydrogen (secondary N) is 3. The van der Waals surface area contributed by atoms with Crippen LogP contribution in [-0.4, -0.2) is 38.2 Å². The molecule has 1 aliphatic rings. The van der Waals surface area contributed by atoms with Crippen molar-refractivity contribution in [2.45, 2.75) is 32.0 Å². The maximum absolute atomic E-state index is 13.7. The van der Waals surface area contributed by atoms with E-state index in [0.717, 1.165) is 43.2 Å². The van der Waals surface area contributed by atoms with Crippen molar-refractivity contribution in [2.24, 2.45) is 4.99 Å². The molecule has 3 rings (SSSR count). The van der Waals surface area contributed by atoms with Crippen molar-refractivity contribution in [3.63, 3.8) is 0 Å². The monoisotopic (exact) mass is 544 g/mol. The molecule has 6 nitrogen and oxygen atoms in total. The number of guanidine groups is 1. The van der Waals surface area contributed by atoms with Crippen LogP contribution in [0.25, 0.3) is 0 Å². The Kier molecular flexibility index (Phi) is 10.1. The summed E-state index contributed by atoms with van der Waals surface area (Å²) in [6, 6.07) is 10.6. The average molecular weight is 544 g/mol. The van der Waals surface area contributed by atoms with E-state index in [9.17, 15) is 13.6 Å². The van der Waals surface area contributed by atoms with Crippen LogP contribution in [0.15, 0.2) is 47.5 Å². The van der Waals surface area contributed by atoms with Crippen molar-refractivity contribution in [1.82, 2.24) is 16.0 Å². The number of nitrogens with zero attached hydrogens (tertiary/aromatic N) is 1. The fraction of sp³-hybridized carbons (Fsp3) is 0.364. The number of rotatable bonds is 7. The van der Waals surface area contributed by atoms with Crippen LogP contribution in [-0.2, 0) is 17.8 Å². The van der Waals surface area contributed by atoms with Crippen molar-refractivity contribution in [2.75, 3.05) is 20.2 Å². The molecule has 1 aliphatic heterocycles. The first kappa shape index (κ1) is 25.0. The van der Waals surface area contributed by atoms with Crippen molar-refractivity contribution in [3.8, 4) is 0 Å². The van der Waals surface area contributed by atoms with E-state index in [1.807, 2.05) is 12.1 Å². The number of hydrogen-bond donors (Lipinski definition) is 3. The van der Waals surface area contributed by atoms with Gasteiger partial charge in [0.15, 0.2) is 5.96 Å². The van der Waals surface area contributed by atoms with E-state index in [2.05, 4.69) is 20.9 Å². The van der Waals surface area contributed by atoms with Gasteiger partial charge in [0.05, 0.1) is 6.10 Å². The summed E-state index contributed by atoms with van der Waals surface area (Å²) in [5, 5.41) is 8.96. The van der Waals surface area contributed by atoms with E-state index >= 15 is 0 Å². The molecule has 9 heteroatoms. The third kappa shape index (κ3) is 7.73. The van der Waals surface area contributed by atoms with Crippen molar-refractivity contribution in [1.29, 1.82) is 0 Å². The predicted octanol–water partition coefficient (Wildman–Crippen LogP) is 3.36. The molecule has 0 saturated carbocycles. The average Bonchev–Trinajstić information content (AvgIpc) is 3.28. The minimum atomic E-state index is -0.495. The molecule has 0 bridgehead atoms. The predicted molar refractivity (Wildman–Crippen MR) is 127 cm³/mol. The van der Waals surface area contributed by atoms with Gasteiger partial charge in [0, 0.05) is 44.4 Å². The zero-order valence-electron chi connectivity index (χ0n) is 17.3. The van der Waals surface area contributed by atoms with Crippen LogP contribution < -0.4 is 16.0 Å². The van der Waals surface area contributed by atoms with Gasteiger partial charge in [-0.25, -0.2) is 8.78 Å². The molecule has 1 amide bonds. The molecule has 168 valence electrons. The van der Waals surface area contributed by atoms with Crippen LogP contribution in [0.4, 0.5) is 8.78 Å². The van der Waals surface area contributed by atoms with Crippen LogP contribution in [0.1, 0.15) is 34.3 Å². The topological polar surface area (TPSA) is 74.8 Å². The normalized spacial score (nSPS) is 15.8. The van der Waals surface area contributed by atoms with E-state index in [1.165, 1.54) is 0 Å². The van der Waals surface area contributed by atoms with Gasteiger partial charge in [0.2, 0.25) is 0 Å². The number of amides is 1. The quantitative estimate of drug-likeness (QED) is 0.284. The van der Waals surface area contributed by atoms with Gasteiger partial charge >= 0.3 is 0 Å². The van der Waals surface area contributed by atoms with Crippen LogP contribution in [0, 0.1) is 11.6 Å². The third-order valence-corrected chi connectivity index (χ3v) is 4.84. The van der Waals surface area contributed by atoms with Gasteiger partial charge in [-0.1, -0.05) is 12.1 Å². The van der Waals surface area contributed by atoms with Gasteiger partial charge in [-0.05, 0) is 48.7 Å². The van der Waals surface area contributed by atoms with Gasteiger partial charge in [-0.15, -0.1) is 24.0 Å². The second kappa shape index (κ2) is 12.6. The Hall–Kier alpha value is -2.27. The van der Waals surface area contributed by atoms with Crippen molar-refractivity contribution < 1.29 is 18.3 Å². The molecular formula is C22H27F2IN4O2. The Labute approximate surface area is 197 Å². The lowest BCUT2D eigenvalue weighted by atomic mass is 10.1. The van der Waals surface area contributed by atoms with Crippen LogP contribution >= 0.6 is 24.0 Å². The number of ether oxygens (including phenoxy) is 1. The summed E-state index contributed by atoms with van der Waals surface area (Å²) in [6.45, 7) is 1.77. The zero-order chi connectivity index (χ0) is 21.3. The molecule has 0 aromatic heterocycles. The lowest BCUT2D eigenvalue weighted by molar-refractivity contribution is 0.0857. The number of hydrogen-bond acceptors (Lipinski definition) is 3. The molecule has 1 heterocycles. The zero-order valence-corrected chi connectivity index (χ0v) is 19.6. The molecule has 0 spiro atoms. The maximum Gasteiger partial charge on any atom is 0.251 e. The molecule has 31 heavy (non-hydrogen) atoms. The first-order chi connectivity index (χ1) is 14.5. The summed E-state index contributed by atoms with van der Waals surface area (Å²) < 4.78 is 32.6. The van der Waals surface area contributed by atoms with E-state index in [4.69, 9.17) is 4.74 Å². The fourth-order valence-electron chi connectivity index (χ4n) is 3.20. The highest BCUT2D eigenvalue weighted by molar-refractivity contribution is 14.0. The molecule has 1 unspecified atom stereocenters. The van der Waals surface area contributed by atoms with Crippen LogP contribution in [0.3, 0.4) is 0 Å². The van der Waals surface area contributed by atoms with E-state index in [-0.39, 0.29) is 48.1 Å². The first-order valence-corrected chi connectivity index (χ1v) is 9.92. The van der Waals surface area contributed by atoms with Gasteiger partial charge in [-0.2, -0.15) is 0 Å². The number of carbonyl (C=O) groups is 1. The number of halogens is 3. The van der Waals surface area contributed by atoms with Gasteiger partial charge in [0.1, 0.15) is 11.6 Å². The van der Waals surface area contributed by atoms with Gasteiger partial charge < -0.3 is 20.7 Å². The highest BCUT2D eigenvalue weighted by Crippen LogP contribution is 2.12. The Morgan fingerprint density at radius 1 is 1.13 bits per heavy atom. The smallest absolute Gasteiger partial charge is 0.251 e. The SMILES string of the molecule is CN=C(NCc1cccc(C(=O)NCC2CCCO2)c1)NCc1cc(F)ccc1F.I. The molecular weight excluding hydrogens is 517 g/mol. The maximum atomic E-state index is 13.7. The summed E-state index contributed by atoms with van der Waals surface area (Å²) in [6.07, 6.45) is 2.09. The van der Waals surface area contributed by atoms with E-state index < -0.39 is 11.6 Å². The molecule has 1 saturated heterocycles. The largest absolute Gasteiger partial charge is 0.376 e. The summed E-state index contributed by atoms with van der Waals surface area (Å²) in [5.41, 5.74) is 1.67. The number of aliphatic imine (C=N–C) groups is 1. The molecule has 0 radical (unpaired) electrons. The highest BCUT2D eigenvalue weighted by atomic mass is 127. The Morgan fingerprint density at radius 2 is 1.94 bits per heavy atom. The second-order valence-corrected chi connectivity index (χ2v) is 7.06. The Bertz CT molecular complexity index is 905.